The number of carbonyl (C=O) groups is 2. The number of benzene rings is 2. The molecule has 34 heavy (non-hydrogen) atoms. The SMILES string of the molecule is O=C(Nc1ccc(Cl)c(C(F)(F)F)c1)NC1CCCc2c1[nH]c1cccc(C(=O)NCCO)c21. The Bertz CT molecular complexity index is 1240. The number of nitrogens with one attached hydrogen (secondary N) is 4. The van der Waals surface area contributed by atoms with Gasteiger partial charge in [-0.15, -0.1) is 0 Å². The molecule has 180 valence electrons. The van der Waals surface area contributed by atoms with Crippen molar-refractivity contribution >= 4 is 40.1 Å². The van der Waals surface area contributed by atoms with Gasteiger partial charge in [-0.3, -0.25) is 4.79 Å². The number of hydrogen-bond donors (Lipinski definition) is 5. The number of alkyl halides is 3. The molecule has 1 aromatic heterocycles. The van der Waals surface area contributed by atoms with E-state index in [-0.39, 0.29) is 24.7 Å². The van der Waals surface area contributed by atoms with Crippen LogP contribution in [0.2, 0.25) is 5.02 Å². The molecular weight excluding hydrogens is 473 g/mol. The summed E-state index contributed by atoms with van der Waals surface area (Å²) in [7, 11) is 0. The number of aromatic nitrogens is 1. The fraction of sp³-hybridized carbons (Fsp3) is 0.304. The second-order valence-electron chi connectivity index (χ2n) is 7.96. The molecular formula is C23H22ClF3N4O3. The van der Waals surface area contributed by atoms with Gasteiger partial charge in [-0.2, -0.15) is 13.2 Å². The van der Waals surface area contributed by atoms with Crippen molar-refractivity contribution in [3.05, 3.63) is 63.8 Å². The minimum absolute atomic E-state index is 0.0373. The number of anilines is 1. The van der Waals surface area contributed by atoms with Crippen LogP contribution in [0.3, 0.4) is 0 Å². The molecule has 3 aromatic rings. The van der Waals surface area contributed by atoms with E-state index in [1.807, 2.05) is 6.07 Å². The second kappa shape index (κ2) is 9.55. The zero-order valence-corrected chi connectivity index (χ0v) is 18.6. The van der Waals surface area contributed by atoms with E-state index < -0.39 is 28.8 Å². The molecule has 3 amide bonds. The maximum atomic E-state index is 13.1. The third-order valence-corrected chi connectivity index (χ3v) is 6.04. The number of H-pyrrole nitrogens is 1. The minimum Gasteiger partial charge on any atom is -0.395 e. The lowest BCUT2D eigenvalue weighted by atomic mass is 9.90. The van der Waals surface area contributed by atoms with E-state index in [4.69, 9.17) is 16.7 Å². The van der Waals surface area contributed by atoms with Crippen LogP contribution in [0, 0.1) is 0 Å². The van der Waals surface area contributed by atoms with Crippen LogP contribution in [0.4, 0.5) is 23.7 Å². The van der Waals surface area contributed by atoms with Crippen LogP contribution in [-0.2, 0) is 12.6 Å². The molecule has 2 aromatic carbocycles. The van der Waals surface area contributed by atoms with Crippen molar-refractivity contribution in [2.75, 3.05) is 18.5 Å². The van der Waals surface area contributed by atoms with Crippen LogP contribution >= 0.6 is 11.6 Å². The Kier molecular flexibility index (Phi) is 6.72. The standard InChI is InChI=1S/C23H22ClF3N4O3/c24-16-8-7-12(11-15(16)23(25,26)27)29-22(34)31-18-6-1-3-13-19-14(21(33)28-9-10-32)4-2-5-17(19)30-20(13)18/h2,4-5,7-8,11,18,30,32H,1,3,6,9-10H2,(H,28,33)(H2,29,31,34). The average molecular weight is 495 g/mol. The zero-order chi connectivity index (χ0) is 24.5. The monoisotopic (exact) mass is 494 g/mol. The van der Waals surface area contributed by atoms with Gasteiger partial charge >= 0.3 is 12.2 Å². The Morgan fingerprint density at radius 3 is 2.74 bits per heavy atom. The molecule has 5 N–H and O–H groups in total. The van der Waals surface area contributed by atoms with Gasteiger partial charge in [-0.05, 0) is 55.2 Å². The lowest BCUT2D eigenvalue weighted by molar-refractivity contribution is -0.137. The molecule has 4 rings (SSSR count). The maximum absolute atomic E-state index is 13.1. The number of aliphatic hydroxyl groups is 1. The summed E-state index contributed by atoms with van der Waals surface area (Å²) in [6, 6.07) is 7.36. The summed E-state index contributed by atoms with van der Waals surface area (Å²) < 4.78 is 39.3. The van der Waals surface area contributed by atoms with Crippen molar-refractivity contribution < 1.29 is 27.9 Å². The first-order valence-corrected chi connectivity index (χ1v) is 11.0. The predicted octanol–water partition coefficient (Wildman–Crippen LogP) is 4.76. The zero-order valence-electron chi connectivity index (χ0n) is 17.9. The van der Waals surface area contributed by atoms with E-state index in [0.717, 1.165) is 40.7 Å². The number of amides is 3. The smallest absolute Gasteiger partial charge is 0.395 e. The molecule has 7 nitrogen and oxygen atoms in total. The fourth-order valence-electron chi connectivity index (χ4n) is 4.27. The van der Waals surface area contributed by atoms with Crippen LogP contribution in [0.25, 0.3) is 10.9 Å². The van der Waals surface area contributed by atoms with Crippen molar-refractivity contribution in [3.8, 4) is 0 Å². The van der Waals surface area contributed by atoms with E-state index in [9.17, 15) is 22.8 Å². The van der Waals surface area contributed by atoms with Crippen molar-refractivity contribution in [2.45, 2.75) is 31.5 Å². The summed E-state index contributed by atoms with van der Waals surface area (Å²) in [6.07, 6.45) is -2.58. The number of aromatic amines is 1. The molecule has 11 heteroatoms. The Hall–Kier alpha value is -3.24. The van der Waals surface area contributed by atoms with E-state index in [2.05, 4.69) is 20.9 Å². The molecule has 0 spiro atoms. The van der Waals surface area contributed by atoms with Crippen LogP contribution in [0.5, 0.6) is 0 Å². The molecule has 1 unspecified atom stereocenters. The van der Waals surface area contributed by atoms with Gasteiger partial charge in [0.25, 0.3) is 5.91 Å². The molecule has 1 heterocycles. The molecule has 0 bridgehead atoms. The van der Waals surface area contributed by atoms with Crippen LogP contribution in [0.15, 0.2) is 36.4 Å². The molecule has 0 saturated heterocycles. The molecule has 0 fully saturated rings. The third-order valence-electron chi connectivity index (χ3n) is 5.71. The minimum atomic E-state index is -4.64. The normalized spacial score (nSPS) is 15.6. The summed E-state index contributed by atoms with van der Waals surface area (Å²) >= 11 is 5.64. The van der Waals surface area contributed by atoms with Gasteiger partial charge < -0.3 is 26.0 Å². The third kappa shape index (κ3) is 4.83. The number of carbonyl (C=O) groups excluding carboxylic acids is 2. The summed E-state index contributed by atoms with van der Waals surface area (Å²) in [5.74, 6) is -0.308. The summed E-state index contributed by atoms with van der Waals surface area (Å²) in [5, 5.41) is 17.2. The first kappa shape index (κ1) is 23.9. The first-order chi connectivity index (χ1) is 16.2. The molecule has 0 saturated carbocycles. The molecule has 0 aliphatic heterocycles. The average Bonchev–Trinajstić information content (AvgIpc) is 3.18. The van der Waals surface area contributed by atoms with Crippen molar-refractivity contribution in [3.63, 3.8) is 0 Å². The van der Waals surface area contributed by atoms with Crippen LogP contribution in [-0.4, -0.2) is 35.2 Å². The maximum Gasteiger partial charge on any atom is 0.417 e. The Morgan fingerprint density at radius 2 is 2.00 bits per heavy atom. The van der Waals surface area contributed by atoms with Crippen LogP contribution < -0.4 is 16.0 Å². The number of aryl methyl sites for hydroxylation is 1. The van der Waals surface area contributed by atoms with Crippen molar-refractivity contribution in [2.24, 2.45) is 0 Å². The number of halogens is 4. The van der Waals surface area contributed by atoms with Crippen molar-refractivity contribution in [1.82, 2.24) is 15.6 Å². The van der Waals surface area contributed by atoms with Gasteiger partial charge in [0.2, 0.25) is 0 Å². The summed E-state index contributed by atoms with van der Waals surface area (Å²) in [4.78, 5) is 28.5. The quantitative estimate of drug-likeness (QED) is 0.353. The molecule has 1 aliphatic carbocycles. The van der Waals surface area contributed by atoms with Gasteiger partial charge in [0.15, 0.2) is 0 Å². The topological polar surface area (TPSA) is 106 Å². The van der Waals surface area contributed by atoms with Gasteiger partial charge in [0.1, 0.15) is 0 Å². The highest BCUT2D eigenvalue weighted by atomic mass is 35.5. The van der Waals surface area contributed by atoms with Gasteiger partial charge in [0.05, 0.1) is 23.2 Å². The molecule has 0 radical (unpaired) electrons. The summed E-state index contributed by atoms with van der Waals surface area (Å²) in [5.41, 5.74) is 1.80. The lowest BCUT2D eigenvalue weighted by Crippen LogP contribution is -2.34. The highest BCUT2D eigenvalue weighted by Gasteiger charge is 2.33. The lowest BCUT2D eigenvalue weighted by Gasteiger charge is -2.24. The van der Waals surface area contributed by atoms with Crippen molar-refractivity contribution in [1.29, 1.82) is 0 Å². The van der Waals surface area contributed by atoms with E-state index in [1.54, 1.807) is 12.1 Å². The van der Waals surface area contributed by atoms with E-state index in [1.165, 1.54) is 6.07 Å². The highest BCUT2D eigenvalue weighted by molar-refractivity contribution is 6.31. The number of hydrogen-bond acceptors (Lipinski definition) is 3. The van der Waals surface area contributed by atoms with E-state index >= 15 is 0 Å². The van der Waals surface area contributed by atoms with E-state index in [0.29, 0.717) is 18.4 Å². The number of fused-ring (bicyclic) bond motifs is 3. The fourth-order valence-corrected chi connectivity index (χ4v) is 4.49. The molecule has 1 atom stereocenters. The highest BCUT2D eigenvalue weighted by Crippen LogP contribution is 2.37. The Labute approximate surface area is 197 Å². The van der Waals surface area contributed by atoms with Gasteiger partial charge in [0, 0.05) is 34.4 Å². The summed E-state index contributed by atoms with van der Waals surface area (Å²) in [6.45, 7) is -0.0426. The molecule has 1 aliphatic rings. The number of urea groups is 1. The van der Waals surface area contributed by atoms with Crippen LogP contribution in [0.1, 0.15) is 46.1 Å². The second-order valence-corrected chi connectivity index (χ2v) is 8.37. The predicted molar refractivity (Wildman–Crippen MR) is 122 cm³/mol. The Morgan fingerprint density at radius 1 is 1.21 bits per heavy atom. The largest absolute Gasteiger partial charge is 0.417 e. The number of aliphatic hydroxyl groups excluding tert-OH is 1. The van der Waals surface area contributed by atoms with Gasteiger partial charge in [-0.1, -0.05) is 17.7 Å². The number of rotatable bonds is 5. The Balaban J connectivity index is 1.57. The first-order valence-electron chi connectivity index (χ1n) is 10.7. The van der Waals surface area contributed by atoms with Gasteiger partial charge in [-0.25, -0.2) is 4.79 Å².